The molecule has 7 nitrogen and oxygen atoms in total. The molecule has 1 aromatic rings. The minimum atomic E-state index is -3.43. The van der Waals surface area contributed by atoms with E-state index >= 15 is 0 Å². The predicted octanol–water partition coefficient (Wildman–Crippen LogP) is 2.41. The van der Waals surface area contributed by atoms with Gasteiger partial charge in [-0.25, -0.2) is 13.1 Å². The summed E-state index contributed by atoms with van der Waals surface area (Å²) in [7, 11) is -3.43. The standard InChI is InChI=1S/C23H36N2O5S/c1-23(2,27)22(26)25-15-7-10-20(24-31(3,28)29)21(25)16-30-19-13-11-18(12-14-19)17-8-5-4-6-9-17/h4-6,8-9,18-21,24,27H,7,10-16H2,1-3H3/t18?,19?,20-,21-/m0/s1. The Hall–Kier alpha value is -1.48. The lowest BCUT2D eigenvalue weighted by Crippen LogP contribution is -2.62. The van der Waals surface area contributed by atoms with E-state index in [0.29, 0.717) is 25.3 Å². The van der Waals surface area contributed by atoms with Crippen molar-refractivity contribution in [3.63, 3.8) is 0 Å². The van der Waals surface area contributed by atoms with E-state index in [9.17, 15) is 18.3 Å². The zero-order chi connectivity index (χ0) is 22.6. The van der Waals surface area contributed by atoms with Crippen LogP contribution in [0, 0.1) is 0 Å². The Labute approximate surface area is 186 Å². The molecular formula is C23H36N2O5S. The van der Waals surface area contributed by atoms with Crippen LogP contribution < -0.4 is 4.72 Å². The SMILES string of the molecule is CC(C)(O)C(=O)N1CCC[C@H](NS(C)(=O)=O)[C@@H]1COC1CCC(c2ccccc2)CC1. The van der Waals surface area contributed by atoms with Crippen LogP contribution in [0.15, 0.2) is 30.3 Å². The first-order valence-corrected chi connectivity index (χ1v) is 13.1. The topological polar surface area (TPSA) is 95.9 Å². The molecule has 1 heterocycles. The third-order valence-corrected chi connectivity index (χ3v) is 7.11. The summed E-state index contributed by atoms with van der Waals surface area (Å²) in [4.78, 5) is 14.4. The molecule has 1 aliphatic carbocycles. The van der Waals surface area contributed by atoms with Crippen LogP contribution >= 0.6 is 0 Å². The molecule has 0 aromatic heterocycles. The van der Waals surface area contributed by atoms with E-state index in [1.54, 1.807) is 4.90 Å². The van der Waals surface area contributed by atoms with Gasteiger partial charge in [0, 0.05) is 12.6 Å². The first-order chi connectivity index (χ1) is 14.5. The Bertz CT molecular complexity index is 829. The number of hydrogen-bond acceptors (Lipinski definition) is 5. The van der Waals surface area contributed by atoms with E-state index in [-0.39, 0.29) is 12.7 Å². The van der Waals surface area contributed by atoms with Crippen molar-refractivity contribution in [2.75, 3.05) is 19.4 Å². The molecule has 0 spiro atoms. The summed E-state index contributed by atoms with van der Waals surface area (Å²) in [6, 6.07) is 9.67. The van der Waals surface area contributed by atoms with Gasteiger partial charge >= 0.3 is 0 Å². The maximum absolute atomic E-state index is 12.8. The van der Waals surface area contributed by atoms with Crippen LogP contribution in [-0.2, 0) is 19.6 Å². The highest BCUT2D eigenvalue weighted by Gasteiger charge is 2.41. The molecule has 8 heteroatoms. The fourth-order valence-corrected chi connectivity index (χ4v) is 5.63. The number of benzene rings is 1. The molecule has 0 bridgehead atoms. The average Bonchev–Trinajstić information content (AvgIpc) is 2.71. The van der Waals surface area contributed by atoms with Gasteiger partial charge in [-0.15, -0.1) is 0 Å². The Morgan fingerprint density at radius 3 is 2.39 bits per heavy atom. The van der Waals surface area contributed by atoms with Crippen molar-refractivity contribution >= 4 is 15.9 Å². The fraction of sp³-hybridized carbons (Fsp3) is 0.696. The minimum Gasteiger partial charge on any atom is -0.381 e. The van der Waals surface area contributed by atoms with Gasteiger partial charge in [-0.3, -0.25) is 4.79 Å². The first-order valence-electron chi connectivity index (χ1n) is 11.2. The number of piperidine rings is 1. The number of rotatable bonds is 7. The van der Waals surface area contributed by atoms with Crippen molar-refractivity contribution in [1.29, 1.82) is 0 Å². The number of likely N-dealkylation sites (tertiary alicyclic amines) is 1. The molecule has 2 atom stereocenters. The molecule has 0 radical (unpaired) electrons. The number of carbonyl (C=O) groups is 1. The molecule has 2 N–H and O–H groups in total. The van der Waals surface area contributed by atoms with Crippen LogP contribution in [-0.4, -0.2) is 67.5 Å². The highest BCUT2D eigenvalue weighted by Crippen LogP contribution is 2.34. The number of sulfonamides is 1. The van der Waals surface area contributed by atoms with Gasteiger partial charge in [-0.05, 0) is 63.9 Å². The molecule has 0 unspecified atom stereocenters. The van der Waals surface area contributed by atoms with Crippen LogP contribution in [0.2, 0.25) is 0 Å². The second-order valence-corrected chi connectivity index (χ2v) is 11.3. The average molecular weight is 453 g/mol. The lowest BCUT2D eigenvalue weighted by molar-refractivity contribution is -0.155. The lowest BCUT2D eigenvalue weighted by Gasteiger charge is -2.43. The van der Waals surface area contributed by atoms with E-state index in [0.717, 1.165) is 31.9 Å². The van der Waals surface area contributed by atoms with Gasteiger partial charge in [0.25, 0.3) is 5.91 Å². The normalized spacial score (nSPS) is 27.8. The third kappa shape index (κ3) is 6.75. The van der Waals surface area contributed by atoms with E-state index in [1.165, 1.54) is 19.4 Å². The van der Waals surface area contributed by atoms with Crippen molar-refractivity contribution in [3.8, 4) is 0 Å². The van der Waals surface area contributed by atoms with Gasteiger partial charge in [0.2, 0.25) is 10.0 Å². The Morgan fingerprint density at radius 2 is 1.81 bits per heavy atom. The Balaban J connectivity index is 1.64. The molecule has 1 saturated heterocycles. The van der Waals surface area contributed by atoms with Gasteiger partial charge in [0.15, 0.2) is 0 Å². The van der Waals surface area contributed by atoms with Crippen LogP contribution in [0.5, 0.6) is 0 Å². The summed E-state index contributed by atoms with van der Waals surface area (Å²) in [5, 5.41) is 10.3. The number of aliphatic hydroxyl groups is 1. The highest BCUT2D eigenvalue weighted by molar-refractivity contribution is 7.88. The van der Waals surface area contributed by atoms with Gasteiger partial charge in [0.05, 0.1) is 25.0 Å². The van der Waals surface area contributed by atoms with Crippen LogP contribution in [0.4, 0.5) is 0 Å². The summed E-state index contributed by atoms with van der Waals surface area (Å²) in [5.41, 5.74) is -0.147. The predicted molar refractivity (Wildman–Crippen MR) is 120 cm³/mol. The van der Waals surface area contributed by atoms with Crippen molar-refractivity contribution in [2.24, 2.45) is 0 Å². The maximum Gasteiger partial charge on any atom is 0.254 e. The Morgan fingerprint density at radius 1 is 1.16 bits per heavy atom. The van der Waals surface area contributed by atoms with E-state index in [4.69, 9.17) is 4.74 Å². The van der Waals surface area contributed by atoms with E-state index in [1.807, 2.05) is 6.07 Å². The van der Waals surface area contributed by atoms with Gasteiger partial charge in [-0.1, -0.05) is 30.3 Å². The molecule has 3 rings (SSSR count). The number of ether oxygens (including phenoxy) is 1. The monoisotopic (exact) mass is 452 g/mol. The van der Waals surface area contributed by atoms with Crippen LogP contribution in [0.3, 0.4) is 0 Å². The minimum absolute atomic E-state index is 0.0971. The smallest absolute Gasteiger partial charge is 0.254 e. The zero-order valence-electron chi connectivity index (χ0n) is 18.8. The number of amides is 1. The summed E-state index contributed by atoms with van der Waals surface area (Å²) in [5.74, 6) is 0.150. The molecule has 31 heavy (non-hydrogen) atoms. The van der Waals surface area contributed by atoms with Crippen LogP contribution in [0.25, 0.3) is 0 Å². The molecule has 2 fully saturated rings. The van der Waals surface area contributed by atoms with Gasteiger partial charge < -0.3 is 14.7 Å². The number of nitrogens with zero attached hydrogens (tertiary/aromatic N) is 1. The molecular weight excluding hydrogens is 416 g/mol. The zero-order valence-corrected chi connectivity index (χ0v) is 19.6. The first kappa shape index (κ1) is 24.2. The second kappa shape index (κ2) is 9.98. The number of nitrogens with one attached hydrogen (secondary N) is 1. The molecule has 1 aliphatic heterocycles. The molecule has 1 aromatic carbocycles. The third-order valence-electron chi connectivity index (χ3n) is 6.38. The van der Waals surface area contributed by atoms with Crippen LogP contribution in [0.1, 0.15) is 63.9 Å². The quantitative estimate of drug-likeness (QED) is 0.662. The largest absolute Gasteiger partial charge is 0.381 e. The van der Waals surface area contributed by atoms with Crippen molar-refractivity contribution < 1.29 is 23.1 Å². The number of hydrogen-bond donors (Lipinski definition) is 2. The fourth-order valence-electron chi connectivity index (χ4n) is 4.80. The Kier molecular flexibility index (Phi) is 7.78. The van der Waals surface area contributed by atoms with Crippen molar-refractivity contribution in [2.45, 2.75) is 82.1 Å². The van der Waals surface area contributed by atoms with E-state index in [2.05, 4.69) is 29.0 Å². The molecule has 174 valence electrons. The van der Waals surface area contributed by atoms with Gasteiger partial charge in [-0.2, -0.15) is 0 Å². The second-order valence-electron chi connectivity index (χ2n) is 9.48. The summed E-state index contributed by atoms with van der Waals surface area (Å²) < 4.78 is 32.7. The molecule has 2 aliphatic rings. The number of carbonyl (C=O) groups excluding carboxylic acids is 1. The summed E-state index contributed by atoms with van der Waals surface area (Å²) >= 11 is 0. The summed E-state index contributed by atoms with van der Waals surface area (Å²) in [6.45, 7) is 3.67. The summed E-state index contributed by atoms with van der Waals surface area (Å²) in [6.07, 6.45) is 6.52. The van der Waals surface area contributed by atoms with Gasteiger partial charge in [0.1, 0.15) is 5.60 Å². The lowest BCUT2D eigenvalue weighted by atomic mass is 9.83. The highest BCUT2D eigenvalue weighted by atomic mass is 32.2. The van der Waals surface area contributed by atoms with Crippen molar-refractivity contribution in [3.05, 3.63) is 35.9 Å². The maximum atomic E-state index is 12.8. The molecule has 1 amide bonds. The van der Waals surface area contributed by atoms with Crippen molar-refractivity contribution in [1.82, 2.24) is 9.62 Å². The molecule has 1 saturated carbocycles. The van der Waals surface area contributed by atoms with E-state index < -0.39 is 33.6 Å².